The quantitative estimate of drug-likeness (QED) is 0.847. The number of nitrogens with zero attached hydrogens (tertiary/aromatic N) is 1. The van der Waals surface area contributed by atoms with Gasteiger partial charge in [-0.05, 0) is 31.4 Å². The maximum Gasteiger partial charge on any atom is 0.104 e. The molecule has 1 aromatic rings. The van der Waals surface area contributed by atoms with Crippen molar-refractivity contribution in [2.24, 2.45) is 5.73 Å². The molecule has 2 rings (SSSR count). The molecule has 0 aromatic heterocycles. The summed E-state index contributed by atoms with van der Waals surface area (Å²) in [6.45, 7) is 1.81. The van der Waals surface area contributed by atoms with Gasteiger partial charge in [0.2, 0.25) is 0 Å². The van der Waals surface area contributed by atoms with Crippen molar-refractivity contribution in [3.63, 3.8) is 0 Å². The van der Waals surface area contributed by atoms with Gasteiger partial charge in [-0.1, -0.05) is 24.4 Å². The molecule has 3 nitrogen and oxygen atoms in total. The molecule has 1 aliphatic rings. The van der Waals surface area contributed by atoms with E-state index in [2.05, 4.69) is 18.0 Å². The van der Waals surface area contributed by atoms with Crippen molar-refractivity contribution >= 4 is 22.9 Å². The molecule has 2 N–H and O–H groups in total. The lowest BCUT2D eigenvalue weighted by molar-refractivity contribution is 0.0216. The number of nitrogens with two attached hydrogens (primary N) is 1. The zero-order valence-corrected chi connectivity index (χ0v) is 11.6. The summed E-state index contributed by atoms with van der Waals surface area (Å²) in [5, 5.41) is 0. The molecule has 1 aromatic carbocycles. The normalized spacial score (nSPS) is 19.5. The van der Waals surface area contributed by atoms with Crippen LogP contribution in [-0.2, 0) is 4.74 Å². The average molecular weight is 264 g/mol. The van der Waals surface area contributed by atoms with Gasteiger partial charge >= 0.3 is 0 Å². The van der Waals surface area contributed by atoms with Crippen LogP contribution in [0.15, 0.2) is 24.3 Å². The first kappa shape index (κ1) is 13.3. The second kappa shape index (κ2) is 6.16. The first-order valence-corrected chi connectivity index (χ1v) is 6.80. The second-order valence-electron chi connectivity index (χ2n) is 4.78. The van der Waals surface area contributed by atoms with E-state index in [1.54, 1.807) is 0 Å². The lowest BCUT2D eigenvalue weighted by atomic mass is 10.1. The molecule has 0 amide bonds. The largest absolute Gasteiger partial charge is 0.389 e. The molecule has 1 unspecified atom stereocenters. The third-order valence-electron chi connectivity index (χ3n) is 3.32. The first-order valence-electron chi connectivity index (χ1n) is 6.39. The molecule has 0 bridgehead atoms. The van der Waals surface area contributed by atoms with Gasteiger partial charge in [0.1, 0.15) is 4.99 Å². The molecular weight excluding hydrogens is 244 g/mol. The maximum atomic E-state index is 5.76. The Labute approximate surface area is 114 Å². The first-order chi connectivity index (χ1) is 8.66. The van der Waals surface area contributed by atoms with E-state index in [1.165, 1.54) is 12.8 Å². The summed E-state index contributed by atoms with van der Waals surface area (Å²) in [5.41, 5.74) is 7.70. The van der Waals surface area contributed by atoms with Crippen molar-refractivity contribution in [1.29, 1.82) is 0 Å². The Morgan fingerprint density at radius 3 is 3.00 bits per heavy atom. The van der Waals surface area contributed by atoms with Crippen LogP contribution in [0.3, 0.4) is 0 Å². The van der Waals surface area contributed by atoms with Gasteiger partial charge in [0, 0.05) is 31.5 Å². The summed E-state index contributed by atoms with van der Waals surface area (Å²) in [4.78, 5) is 2.65. The van der Waals surface area contributed by atoms with Crippen LogP contribution in [0.5, 0.6) is 0 Å². The molecule has 18 heavy (non-hydrogen) atoms. The van der Waals surface area contributed by atoms with Crippen LogP contribution in [0, 0.1) is 0 Å². The van der Waals surface area contributed by atoms with Crippen molar-refractivity contribution < 1.29 is 4.74 Å². The zero-order valence-electron chi connectivity index (χ0n) is 10.8. The molecule has 1 atom stereocenters. The van der Waals surface area contributed by atoms with Gasteiger partial charge in [0.25, 0.3) is 0 Å². The van der Waals surface area contributed by atoms with E-state index < -0.39 is 0 Å². The molecule has 1 heterocycles. The number of thiocarbonyl (C=S) groups is 1. The summed E-state index contributed by atoms with van der Waals surface area (Å²) in [6, 6.07) is 8.04. The van der Waals surface area contributed by atoms with Crippen LogP contribution < -0.4 is 10.6 Å². The molecular formula is C14H20N2OS. The Morgan fingerprint density at radius 2 is 2.33 bits per heavy atom. The number of likely N-dealkylation sites (N-methyl/N-ethyl adjacent to an activating group) is 1. The molecule has 1 saturated heterocycles. The van der Waals surface area contributed by atoms with Gasteiger partial charge in [0.05, 0.1) is 6.10 Å². The highest BCUT2D eigenvalue weighted by Crippen LogP contribution is 2.19. The minimum Gasteiger partial charge on any atom is -0.389 e. The predicted octanol–water partition coefficient (Wildman–Crippen LogP) is 2.33. The van der Waals surface area contributed by atoms with Crippen molar-refractivity contribution in [1.82, 2.24) is 0 Å². The van der Waals surface area contributed by atoms with Gasteiger partial charge in [-0.2, -0.15) is 0 Å². The van der Waals surface area contributed by atoms with Crippen LogP contribution in [0.25, 0.3) is 0 Å². The van der Waals surface area contributed by atoms with Gasteiger partial charge < -0.3 is 15.4 Å². The topological polar surface area (TPSA) is 38.5 Å². The number of hydrogen-bond acceptors (Lipinski definition) is 3. The summed E-state index contributed by atoms with van der Waals surface area (Å²) in [6.07, 6.45) is 3.96. The predicted molar refractivity (Wildman–Crippen MR) is 79.2 cm³/mol. The number of rotatable bonds is 4. The molecule has 0 saturated carbocycles. The SMILES string of the molecule is CN(CC1CCCCO1)c1cccc(C(N)=S)c1. The van der Waals surface area contributed by atoms with E-state index >= 15 is 0 Å². The van der Waals surface area contributed by atoms with E-state index in [4.69, 9.17) is 22.7 Å². The van der Waals surface area contributed by atoms with E-state index in [0.717, 1.165) is 30.8 Å². The number of benzene rings is 1. The van der Waals surface area contributed by atoms with Crippen molar-refractivity contribution in [3.8, 4) is 0 Å². The van der Waals surface area contributed by atoms with E-state index in [0.29, 0.717) is 11.1 Å². The van der Waals surface area contributed by atoms with Gasteiger partial charge in [-0.3, -0.25) is 0 Å². The fourth-order valence-electron chi connectivity index (χ4n) is 2.26. The maximum absolute atomic E-state index is 5.76. The Morgan fingerprint density at radius 1 is 1.50 bits per heavy atom. The minimum absolute atomic E-state index is 0.345. The van der Waals surface area contributed by atoms with Crippen molar-refractivity contribution in [3.05, 3.63) is 29.8 Å². The summed E-state index contributed by atoms with van der Waals surface area (Å²) in [7, 11) is 2.08. The molecule has 0 radical (unpaired) electrons. The Bertz CT molecular complexity index is 416. The smallest absolute Gasteiger partial charge is 0.104 e. The molecule has 1 aliphatic heterocycles. The van der Waals surface area contributed by atoms with E-state index in [1.807, 2.05) is 18.2 Å². The van der Waals surface area contributed by atoms with Gasteiger partial charge in [0.15, 0.2) is 0 Å². The second-order valence-corrected chi connectivity index (χ2v) is 5.22. The van der Waals surface area contributed by atoms with E-state index in [9.17, 15) is 0 Å². The highest BCUT2D eigenvalue weighted by molar-refractivity contribution is 7.80. The number of anilines is 1. The van der Waals surface area contributed by atoms with Crippen LogP contribution in [0.2, 0.25) is 0 Å². The average Bonchev–Trinajstić information content (AvgIpc) is 2.40. The van der Waals surface area contributed by atoms with Crippen LogP contribution in [0.1, 0.15) is 24.8 Å². The molecule has 1 fully saturated rings. The summed E-state index contributed by atoms with van der Waals surface area (Å²) < 4.78 is 5.76. The Kier molecular flexibility index (Phi) is 4.55. The fourth-order valence-corrected chi connectivity index (χ4v) is 2.39. The number of ether oxygens (including phenoxy) is 1. The van der Waals surface area contributed by atoms with Crippen LogP contribution in [-0.4, -0.2) is 31.3 Å². The Hall–Kier alpha value is -1.13. The Balaban J connectivity index is 2.01. The van der Waals surface area contributed by atoms with E-state index in [-0.39, 0.29) is 0 Å². The third-order valence-corrected chi connectivity index (χ3v) is 3.56. The fraction of sp³-hybridized carbons (Fsp3) is 0.500. The minimum atomic E-state index is 0.345. The summed E-state index contributed by atoms with van der Waals surface area (Å²) >= 11 is 5.00. The molecule has 98 valence electrons. The lowest BCUT2D eigenvalue weighted by Crippen LogP contribution is -2.33. The highest BCUT2D eigenvalue weighted by Gasteiger charge is 2.16. The monoisotopic (exact) mass is 264 g/mol. The van der Waals surface area contributed by atoms with Crippen molar-refractivity contribution in [2.75, 3.05) is 25.1 Å². The summed E-state index contributed by atoms with van der Waals surface area (Å²) in [5.74, 6) is 0. The van der Waals surface area contributed by atoms with Crippen LogP contribution >= 0.6 is 12.2 Å². The van der Waals surface area contributed by atoms with Gasteiger partial charge in [-0.15, -0.1) is 0 Å². The highest BCUT2D eigenvalue weighted by atomic mass is 32.1. The number of hydrogen-bond donors (Lipinski definition) is 1. The third kappa shape index (κ3) is 3.43. The lowest BCUT2D eigenvalue weighted by Gasteiger charge is -2.28. The standard InChI is InChI=1S/C14H20N2OS/c1-16(10-13-7-2-3-8-17-13)12-6-4-5-11(9-12)14(15)18/h4-6,9,13H,2-3,7-8,10H2,1H3,(H2,15,18). The molecule has 0 spiro atoms. The molecule has 4 heteroatoms. The van der Waals surface area contributed by atoms with Gasteiger partial charge in [-0.25, -0.2) is 0 Å². The zero-order chi connectivity index (χ0) is 13.0. The van der Waals surface area contributed by atoms with Crippen LogP contribution in [0.4, 0.5) is 5.69 Å². The molecule has 0 aliphatic carbocycles. The van der Waals surface area contributed by atoms with Crippen molar-refractivity contribution in [2.45, 2.75) is 25.4 Å².